The molecule has 0 spiro atoms. The lowest BCUT2D eigenvalue weighted by Gasteiger charge is -2.12. The molecule has 0 saturated heterocycles. The second-order valence-corrected chi connectivity index (χ2v) is 3.96. The minimum absolute atomic E-state index is 0.110. The average Bonchev–Trinajstić information content (AvgIpc) is 2.16. The van der Waals surface area contributed by atoms with E-state index in [1.165, 1.54) is 13.0 Å². The summed E-state index contributed by atoms with van der Waals surface area (Å²) in [4.78, 5) is 10.2. The molecule has 0 fully saturated rings. The normalized spacial score (nSPS) is 12.9. The van der Waals surface area contributed by atoms with E-state index < -0.39 is 22.6 Å². The number of hydrogen-bond acceptors (Lipinski definition) is 1. The Hall–Kier alpha value is -0.840. The quantitative estimate of drug-likeness (QED) is 0.770. The summed E-state index contributed by atoms with van der Waals surface area (Å²) in [7, 11) is 0. The zero-order chi connectivity index (χ0) is 11.6. The van der Waals surface area contributed by atoms with Crippen molar-refractivity contribution in [2.75, 3.05) is 0 Å². The molecule has 0 saturated carbocycles. The molecule has 15 heavy (non-hydrogen) atoms. The second-order valence-electron chi connectivity index (χ2n) is 3.05. The van der Waals surface area contributed by atoms with Crippen LogP contribution >= 0.6 is 15.9 Å². The third kappa shape index (κ3) is 2.81. The molecule has 1 aromatic rings. The van der Waals surface area contributed by atoms with Gasteiger partial charge in [0, 0.05) is 5.56 Å². The highest BCUT2D eigenvalue weighted by Crippen LogP contribution is 2.32. The number of hydrogen-bond donors (Lipinski definition) is 0. The molecule has 0 aliphatic carbocycles. The van der Waals surface area contributed by atoms with Crippen molar-refractivity contribution in [3.05, 3.63) is 35.1 Å². The number of rotatable bonds is 3. The maximum atomic E-state index is 12.7. The summed E-state index contributed by atoms with van der Waals surface area (Å²) in [5, 5.41) is 0. The molecule has 1 unspecified atom stereocenters. The van der Waals surface area contributed by atoms with E-state index in [9.17, 15) is 18.0 Å². The van der Waals surface area contributed by atoms with Gasteiger partial charge in [-0.15, -0.1) is 0 Å². The molecule has 1 aromatic carbocycles. The third-order valence-corrected chi connectivity index (χ3v) is 3.05. The fourth-order valence-electron chi connectivity index (χ4n) is 1.18. The number of alkyl halides is 3. The monoisotopic (exact) mass is 280 g/mol. The molecule has 5 heteroatoms. The van der Waals surface area contributed by atoms with Crippen LogP contribution in [0.15, 0.2) is 18.2 Å². The van der Waals surface area contributed by atoms with Gasteiger partial charge in [-0.25, -0.2) is 13.2 Å². The zero-order valence-corrected chi connectivity index (χ0v) is 9.39. The number of halogens is 4. The van der Waals surface area contributed by atoms with E-state index in [1.54, 1.807) is 0 Å². The van der Waals surface area contributed by atoms with Crippen molar-refractivity contribution in [2.24, 2.45) is 0 Å². The van der Waals surface area contributed by atoms with Crippen LogP contribution in [-0.2, 0) is 4.79 Å². The molecular weight excluding hydrogens is 273 g/mol. The zero-order valence-electron chi connectivity index (χ0n) is 7.81. The summed E-state index contributed by atoms with van der Waals surface area (Å²) in [6.07, 6.45) is -2.80. The van der Waals surface area contributed by atoms with Gasteiger partial charge in [-0.1, -0.05) is 22.0 Å². The number of benzene rings is 1. The molecule has 1 atom stereocenters. The second kappa shape index (κ2) is 4.79. The van der Waals surface area contributed by atoms with Gasteiger partial charge < -0.3 is 0 Å². The summed E-state index contributed by atoms with van der Waals surface area (Å²) < 4.78 is 37.8. The van der Waals surface area contributed by atoms with Gasteiger partial charge in [-0.3, -0.25) is 4.79 Å². The smallest absolute Gasteiger partial charge is 0.264 e. The number of ketones is 1. The van der Waals surface area contributed by atoms with Crippen molar-refractivity contribution in [3.63, 3.8) is 0 Å². The lowest BCUT2D eigenvalue weighted by atomic mass is 10.0. The van der Waals surface area contributed by atoms with Gasteiger partial charge in [0.2, 0.25) is 0 Å². The predicted molar refractivity (Wildman–Crippen MR) is 53.7 cm³/mol. The first-order valence-electron chi connectivity index (χ1n) is 4.15. The fourth-order valence-corrected chi connectivity index (χ4v) is 1.60. The largest absolute Gasteiger partial charge is 0.298 e. The van der Waals surface area contributed by atoms with Crippen LogP contribution in [0.4, 0.5) is 13.2 Å². The van der Waals surface area contributed by atoms with Gasteiger partial charge in [0.05, 0.1) is 4.83 Å². The summed E-state index contributed by atoms with van der Waals surface area (Å²) in [6, 6.07) is 2.99. The Morgan fingerprint density at radius 1 is 1.33 bits per heavy atom. The van der Waals surface area contributed by atoms with Crippen molar-refractivity contribution in [1.29, 1.82) is 0 Å². The number of carbonyl (C=O) groups excluding carboxylic acids is 1. The molecule has 82 valence electrons. The summed E-state index contributed by atoms with van der Waals surface area (Å²) >= 11 is 2.99. The lowest BCUT2D eigenvalue weighted by molar-refractivity contribution is -0.116. The third-order valence-electron chi connectivity index (χ3n) is 1.91. The highest BCUT2D eigenvalue weighted by Gasteiger charge is 2.21. The van der Waals surface area contributed by atoms with E-state index in [-0.39, 0.29) is 11.3 Å². The van der Waals surface area contributed by atoms with Gasteiger partial charge in [0.25, 0.3) is 6.43 Å². The minimum atomic E-state index is -2.80. The molecular formula is C10H8BrF3O. The van der Waals surface area contributed by atoms with Crippen molar-refractivity contribution >= 4 is 21.7 Å². The van der Waals surface area contributed by atoms with Crippen LogP contribution in [0.5, 0.6) is 0 Å². The Labute approximate surface area is 93.4 Å². The van der Waals surface area contributed by atoms with E-state index >= 15 is 0 Å². The predicted octanol–water partition coefficient (Wildman–Crippen LogP) is 3.79. The lowest BCUT2D eigenvalue weighted by Crippen LogP contribution is -2.05. The SMILES string of the molecule is CC(=O)C(Br)c1ccc(F)cc1C(F)F. The van der Waals surface area contributed by atoms with Crippen LogP contribution in [0.1, 0.15) is 29.3 Å². The Morgan fingerprint density at radius 3 is 2.40 bits per heavy atom. The first kappa shape index (κ1) is 12.2. The molecule has 0 amide bonds. The highest BCUT2D eigenvalue weighted by atomic mass is 79.9. The molecule has 1 rings (SSSR count). The van der Waals surface area contributed by atoms with E-state index in [1.807, 2.05) is 0 Å². The van der Waals surface area contributed by atoms with Crippen LogP contribution in [0.3, 0.4) is 0 Å². The molecule has 1 nitrogen and oxygen atoms in total. The molecule has 0 radical (unpaired) electrons. The molecule has 0 heterocycles. The van der Waals surface area contributed by atoms with Crippen LogP contribution in [0.2, 0.25) is 0 Å². The van der Waals surface area contributed by atoms with Crippen LogP contribution < -0.4 is 0 Å². The van der Waals surface area contributed by atoms with Gasteiger partial charge in [-0.05, 0) is 24.6 Å². The molecule has 0 bridgehead atoms. The van der Waals surface area contributed by atoms with Gasteiger partial charge in [0.1, 0.15) is 11.6 Å². The Kier molecular flexibility index (Phi) is 3.90. The van der Waals surface area contributed by atoms with Gasteiger partial charge >= 0.3 is 0 Å². The Bertz CT molecular complexity index is 379. The Morgan fingerprint density at radius 2 is 1.93 bits per heavy atom. The van der Waals surface area contributed by atoms with Crippen LogP contribution in [0.25, 0.3) is 0 Å². The highest BCUT2D eigenvalue weighted by molar-refractivity contribution is 9.09. The molecule has 0 aliphatic rings. The first-order chi connectivity index (χ1) is 6.93. The average molecular weight is 281 g/mol. The van der Waals surface area contributed by atoms with Crippen molar-refractivity contribution in [1.82, 2.24) is 0 Å². The number of Topliss-reactive ketones (excluding diaryl/α,β-unsaturated/α-hetero) is 1. The maximum Gasteiger partial charge on any atom is 0.264 e. The van der Waals surface area contributed by atoms with E-state index in [0.717, 1.165) is 12.1 Å². The van der Waals surface area contributed by atoms with E-state index in [4.69, 9.17) is 0 Å². The number of carbonyl (C=O) groups is 1. The summed E-state index contributed by atoms with van der Waals surface area (Å²) in [5.74, 6) is -1.04. The first-order valence-corrected chi connectivity index (χ1v) is 5.07. The maximum absolute atomic E-state index is 12.7. The topological polar surface area (TPSA) is 17.1 Å². The summed E-state index contributed by atoms with van der Waals surface area (Å²) in [5.41, 5.74) is -0.342. The van der Waals surface area contributed by atoms with Crippen LogP contribution in [-0.4, -0.2) is 5.78 Å². The van der Waals surface area contributed by atoms with Gasteiger partial charge in [0.15, 0.2) is 0 Å². The summed E-state index contributed by atoms with van der Waals surface area (Å²) in [6.45, 7) is 1.28. The van der Waals surface area contributed by atoms with Crippen LogP contribution in [0, 0.1) is 5.82 Å². The molecule has 0 aromatic heterocycles. The molecule has 0 N–H and O–H groups in total. The molecule has 0 aliphatic heterocycles. The standard InChI is InChI=1S/C10H8BrF3O/c1-5(15)9(11)7-3-2-6(12)4-8(7)10(13)14/h2-4,9-10H,1H3. The van der Waals surface area contributed by atoms with Crippen molar-refractivity contribution in [2.45, 2.75) is 18.2 Å². The van der Waals surface area contributed by atoms with Crippen molar-refractivity contribution < 1.29 is 18.0 Å². The Balaban J connectivity index is 3.22. The minimum Gasteiger partial charge on any atom is -0.298 e. The fraction of sp³-hybridized carbons (Fsp3) is 0.300. The van der Waals surface area contributed by atoms with Gasteiger partial charge in [-0.2, -0.15) is 0 Å². The van der Waals surface area contributed by atoms with Crippen molar-refractivity contribution in [3.8, 4) is 0 Å². The van der Waals surface area contributed by atoms with E-state index in [2.05, 4.69) is 15.9 Å². The van der Waals surface area contributed by atoms with E-state index in [0.29, 0.717) is 0 Å².